The number of rotatable bonds is 5. The predicted octanol–water partition coefficient (Wildman–Crippen LogP) is 2.71. The Balaban J connectivity index is 2.30. The largest absolute Gasteiger partial charge is 0.468 e. The van der Waals surface area contributed by atoms with Gasteiger partial charge in [-0.1, -0.05) is 18.2 Å². The Bertz CT molecular complexity index is 680. The smallest absolute Gasteiger partial charge is 0.415 e. The molecule has 0 fully saturated rings. The van der Waals surface area contributed by atoms with E-state index in [4.69, 9.17) is 9.47 Å². The SMILES string of the molecule is COC(=O)C(C/C=C/c1ccc2c(c1)OCO2)(C(=O)OC)C(F)(F)F. The van der Waals surface area contributed by atoms with Crippen molar-refractivity contribution in [2.24, 2.45) is 5.41 Å². The van der Waals surface area contributed by atoms with Crippen molar-refractivity contribution < 1.29 is 41.7 Å². The minimum atomic E-state index is -5.19. The number of esters is 2. The lowest BCUT2D eigenvalue weighted by Gasteiger charge is -2.29. The molecule has 1 aliphatic rings. The number of fused-ring (bicyclic) bond motifs is 1. The molecular weight excluding hydrogens is 345 g/mol. The average molecular weight is 360 g/mol. The highest BCUT2D eigenvalue weighted by atomic mass is 19.4. The number of halogens is 3. The van der Waals surface area contributed by atoms with Crippen LogP contribution in [-0.4, -0.2) is 39.1 Å². The van der Waals surface area contributed by atoms with E-state index in [1.807, 2.05) is 0 Å². The minimum Gasteiger partial charge on any atom is -0.468 e. The molecule has 6 nitrogen and oxygen atoms in total. The summed E-state index contributed by atoms with van der Waals surface area (Å²) in [6.45, 7) is 0.0599. The van der Waals surface area contributed by atoms with Crippen LogP contribution in [0.25, 0.3) is 6.08 Å². The Morgan fingerprint density at radius 2 is 1.72 bits per heavy atom. The van der Waals surface area contributed by atoms with E-state index >= 15 is 0 Å². The third-order valence-electron chi connectivity index (χ3n) is 3.68. The van der Waals surface area contributed by atoms with Gasteiger partial charge in [0, 0.05) is 6.42 Å². The highest BCUT2D eigenvalue weighted by molar-refractivity contribution is 6.01. The maximum atomic E-state index is 13.5. The number of carbonyl (C=O) groups excluding carboxylic acids is 2. The predicted molar refractivity (Wildman–Crippen MR) is 78.7 cm³/mol. The molecule has 0 amide bonds. The van der Waals surface area contributed by atoms with Crippen LogP contribution < -0.4 is 9.47 Å². The lowest BCUT2D eigenvalue weighted by molar-refractivity contribution is -0.237. The summed E-state index contributed by atoms with van der Waals surface area (Å²) in [5, 5.41) is 0. The van der Waals surface area contributed by atoms with Crippen molar-refractivity contribution in [1.29, 1.82) is 0 Å². The van der Waals surface area contributed by atoms with Crippen molar-refractivity contribution in [2.75, 3.05) is 21.0 Å². The third kappa shape index (κ3) is 3.40. The standard InChI is InChI=1S/C16H15F3O6/c1-22-13(20)15(14(21)23-2,16(17,18)19)7-3-4-10-5-6-11-12(8-10)25-9-24-11/h3-6,8H,7,9H2,1-2H3/b4-3+. The zero-order valence-corrected chi connectivity index (χ0v) is 13.4. The van der Waals surface area contributed by atoms with Gasteiger partial charge in [-0.3, -0.25) is 9.59 Å². The van der Waals surface area contributed by atoms with Gasteiger partial charge in [0.05, 0.1) is 14.2 Å². The molecule has 0 bridgehead atoms. The summed E-state index contributed by atoms with van der Waals surface area (Å²) in [6.07, 6.45) is -3.77. The molecule has 1 aromatic rings. The second-order valence-corrected chi connectivity index (χ2v) is 5.11. The first-order valence-electron chi connectivity index (χ1n) is 7.06. The fraction of sp³-hybridized carbons (Fsp3) is 0.375. The molecule has 0 saturated carbocycles. The highest BCUT2D eigenvalue weighted by Crippen LogP contribution is 2.44. The summed E-state index contributed by atoms with van der Waals surface area (Å²) in [5.41, 5.74) is -2.92. The van der Waals surface area contributed by atoms with Gasteiger partial charge in [0.15, 0.2) is 11.5 Å². The van der Waals surface area contributed by atoms with E-state index in [9.17, 15) is 22.8 Å². The maximum absolute atomic E-state index is 13.5. The molecule has 0 atom stereocenters. The summed E-state index contributed by atoms with van der Waals surface area (Å²) in [6, 6.07) is 4.75. The van der Waals surface area contributed by atoms with Gasteiger partial charge in [-0.2, -0.15) is 13.2 Å². The van der Waals surface area contributed by atoms with Crippen molar-refractivity contribution in [1.82, 2.24) is 0 Å². The fourth-order valence-electron chi connectivity index (χ4n) is 2.33. The number of hydrogen-bond acceptors (Lipinski definition) is 6. The van der Waals surface area contributed by atoms with Crippen molar-refractivity contribution in [2.45, 2.75) is 12.6 Å². The first-order chi connectivity index (χ1) is 11.8. The van der Waals surface area contributed by atoms with Gasteiger partial charge in [0.25, 0.3) is 5.41 Å². The number of ether oxygens (including phenoxy) is 4. The van der Waals surface area contributed by atoms with Crippen LogP contribution >= 0.6 is 0 Å². The fourth-order valence-corrected chi connectivity index (χ4v) is 2.33. The molecular formula is C16H15F3O6. The molecule has 0 unspecified atom stereocenters. The molecule has 0 aliphatic carbocycles. The Hall–Kier alpha value is -2.71. The first-order valence-corrected chi connectivity index (χ1v) is 7.06. The molecule has 0 saturated heterocycles. The molecule has 9 heteroatoms. The summed E-state index contributed by atoms with van der Waals surface area (Å²) < 4.78 is 59.1. The number of alkyl halides is 3. The number of benzene rings is 1. The molecule has 0 radical (unpaired) electrons. The Morgan fingerprint density at radius 3 is 2.28 bits per heavy atom. The van der Waals surface area contributed by atoms with Crippen LogP contribution in [0.3, 0.4) is 0 Å². The van der Waals surface area contributed by atoms with Crippen LogP contribution in [0.15, 0.2) is 24.3 Å². The molecule has 2 rings (SSSR count). The van der Waals surface area contributed by atoms with Gasteiger partial charge in [-0.25, -0.2) is 0 Å². The molecule has 1 aliphatic heterocycles. The van der Waals surface area contributed by atoms with Gasteiger partial charge in [-0.05, 0) is 17.7 Å². The van der Waals surface area contributed by atoms with E-state index in [-0.39, 0.29) is 6.79 Å². The van der Waals surface area contributed by atoms with E-state index in [1.54, 1.807) is 18.2 Å². The van der Waals surface area contributed by atoms with Crippen LogP contribution in [0.5, 0.6) is 11.5 Å². The van der Waals surface area contributed by atoms with Crippen molar-refractivity contribution >= 4 is 18.0 Å². The van der Waals surface area contributed by atoms with E-state index in [1.165, 1.54) is 6.08 Å². The highest BCUT2D eigenvalue weighted by Gasteiger charge is 2.67. The quantitative estimate of drug-likeness (QED) is 0.594. The number of carbonyl (C=O) groups is 2. The van der Waals surface area contributed by atoms with Crippen LogP contribution in [0.1, 0.15) is 12.0 Å². The molecule has 136 valence electrons. The summed E-state index contributed by atoms with van der Waals surface area (Å²) in [7, 11) is 1.54. The molecule has 0 aromatic heterocycles. The van der Waals surface area contributed by atoms with E-state index < -0.39 is 30.0 Å². The summed E-state index contributed by atoms with van der Waals surface area (Å²) in [5.74, 6) is -2.50. The lowest BCUT2D eigenvalue weighted by atomic mass is 9.83. The molecule has 0 spiro atoms. The van der Waals surface area contributed by atoms with Crippen molar-refractivity contribution in [3.63, 3.8) is 0 Å². The molecule has 1 aromatic carbocycles. The average Bonchev–Trinajstić information content (AvgIpc) is 3.04. The second kappa shape index (κ2) is 7.04. The van der Waals surface area contributed by atoms with E-state index in [2.05, 4.69) is 9.47 Å². The van der Waals surface area contributed by atoms with Crippen LogP contribution in [-0.2, 0) is 19.1 Å². The van der Waals surface area contributed by atoms with E-state index in [0.717, 1.165) is 20.3 Å². The monoisotopic (exact) mass is 360 g/mol. The van der Waals surface area contributed by atoms with Gasteiger partial charge < -0.3 is 18.9 Å². The van der Waals surface area contributed by atoms with Gasteiger partial charge >= 0.3 is 18.1 Å². The van der Waals surface area contributed by atoms with E-state index in [0.29, 0.717) is 17.1 Å². The maximum Gasteiger partial charge on any atom is 0.415 e. The zero-order chi connectivity index (χ0) is 18.7. The molecule has 25 heavy (non-hydrogen) atoms. The second-order valence-electron chi connectivity index (χ2n) is 5.11. The Morgan fingerprint density at radius 1 is 1.12 bits per heavy atom. The first kappa shape index (κ1) is 18.6. The normalized spacial score (nSPS) is 13.8. The molecule has 0 N–H and O–H groups in total. The van der Waals surface area contributed by atoms with Crippen LogP contribution in [0, 0.1) is 5.41 Å². The summed E-state index contributed by atoms with van der Waals surface area (Å²) >= 11 is 0. The van der Waals surface area contributed by atoms with Gasteiger partial charge in [-0.15, -0.1) is 0 Å². The Labute approximate surface area is 141 Å². The molecule has 1 heterocycles. The van der Waals surface area contributed by atoms with Crippen molar-refractivity contribution in [3.8, 4) is 11.5 Å². The third-order valence-corrected chi connectivity index (χ3v) is 3.68. The summed E-state index contributed by atoms with van der Waals surface area (Å²) in [4.78, 5) is 23.5. The van der Waals surface area contributed by atoms with Gasteiger partial charge in [0.1, 0.15) is 0 Å². The van der Waals surface area contributed by atoms with Crippen LogP contribution in [0.4, 0.5) is 13.2 Å². The van der Waals surface area contributed by atoms with Crippen molar-refractivity contribution in [3.05, 3.63) is 29.8 Å². The minimum absolute atomic E-state index is 0.0599. The van der Waals surface area contributed by atoms with Crippen LogP contribution in [0.2, 0.25) is 0 Å². The van der Waals surface area contributed by atoms with Gasteiger partial charge in [0.2, 0.25) is 6.79 Å². The zero-order valence-electron chi connectivity index (χ0n) is 13.4. The number of allylic oxidation sites excluding steroid dienone is 1. The number of methoxy groups -OCH3 is 2. The lowest BCUT2D eigenvalue weighted by Crippen LogP contribution is -2.52. The Kier molecular flexibility index (Phi) is 5.24. The topological polar surface area (TPSA) is 71.1 Å². The number of hydrogen-bond donors (Lipinski definition) is 0.